The van der Waals surface area contributed by atoms with E-state index in [1.54, 1.807) is 6.20 Å². The van der Waals surface area contributed by atoms with E-state index in [2.05, 4.69) is 22.1 Å². The lowest BCUT2D eigenvalue weighted by atomic mass is 10.1. The van der Waals surface area contributed by atoms with E-state index in [0.29, 0.717) is 19.1 Å². The topological polar surface area (TPSA) is 61.5 Å². The molecule has 22 heavy (non-hydrogen) atoms. The molecular weight excluding hydrogens is 278 g/mol. The van der Waals surface area contributed by atoms with Gasteiger partial charge in [-0.05, 0) is 18.4 Å². The van der Waals surface area contributed by atoms with E-state index in [1.807, 2.05) is 29.1 Å². The van der Waals surface area contributed by atoms with Crippen LogP contribution < -0.4 is 0 Å². The van der Waals surface area contributed by atoms with Crippen LogP contribution in [0.25, 0.3) is 0 Å². The van der Waals surface area contributed by atoms with Crippen LogP contribution in [0.3, 0.4) is 0 Å². The summed E-state index contributed by atoms with van der Waals surface area (Å²) in [7, 11) is 0. The molecule has 1 aromatic heterocycles. The monoisotopic (exact) mass is 301 g/mol. The zero-order valence-corrected chi connectivity index (χ0v) is 12.7. The van der Waals surface area contributed by atoms with Crippen molar-refractivity contribution in [2.75, 3.05) is 19.7 Å². The number of hydrogen-bond acceptors (Lipinski definition) is 4. The Kier molecular flexibility index (Phi) is 4.87. The van der Waals surface area contributed by atoms with E-state index in [-0.39, 0.29) is 6.61 Å². The van der Waals surface area contributed by atoms with Crippen LogP contribution in [0.15, 0.2) is 42.7 Å². The number of aliphatic hydroxyl groups is 2. The van der Waals surface area contributed by atoms with Gasteiger partial charge < -0.3 is 10.2 Å². The van der Waals surface area contributed by atoms with E-state index >= 15 is 0 Å². The number of benzene rings is 1. The lowest BCUT2D eigenvalue weighted by Gasteiger charge is -2.24. The fraction of sp³-hybridized carbons (Fsp3) is 0.471. The van der Waals surface area contributed by atoms with Crippen molar-refractivity contribution < 1.29 is 10.2 Å². The van der Waals surface area contributed by atoms with Gasteiger partial charge in [-0.25, -0.2) is 0 Å². The molecule has 0 radical (unpaired) electrons. The molecule has 3 rings (SSSR count). The molecule has 1 fully saturated rings. The van der Waals surface area contributed by atoms with Crippen LogP contribution in [0.5, 0.6) is 0 Å². The highest BCUT2D eigenvalue weighted by Crippen LogP contribution is 2.34. The second kappa shape index (κ2) is 7.05. The highest BCUT2D eigenvalue weighted by molar-refractivity contribution is 5.15. The molecular formula is C17H23N3O2. The molecule has 1 aromatic carbocycles. The second-order valence-electron chi connectivity index (χ2n) is 5.94. The van der Waals surface area contributed by atoms with Crippen LogP contribution >= 0.6 is 0 Å². The number of nitrogens with zero attached hydrogens (tertiary/aromatic N) is 3. The van der Waals surface area contributed by atoms with E-state index < -0.39 is 6.10 Å². The van der Waals surface area contributed by atoms with Crippen LogP contribution in [0.4, 0.5) is 0 Å². The van der Waals surface area contributed by atoms with Gasteiger partial charge in [-0.2, -0.15) is 5.10 Å². The lowest BCUT2D eigenvalue weighted by Crippen LogP contribution is -2.30. The summed E-state index contributed by atoms with van der Waals surface area (Å²) < 4.78 is 1.95. The zero-order valence-electron chi connectivity index (χ0n) is 12.7. The SMILES string of the molecule is OCCN(Cc1ccccc1)CC(O)c1cnn(C2CC2)c1. The van der Waals surface area contributed by atoms with Gasteiger partial charge >= 0.3 is 0 Å². The highest BCUT2D eigenvalue weighted by Gasteiger charge is 2.25. The van der Waals surface area contributed by atoms with Crippen molar-refractivity contribution in [3.05, 3.63) is 53.9 Å². The van der Waals surface area contributed by atoms with Crippen LogP contribution in [-0.2, 0) is 6.54 Å². The van der Waals surface area contributed by atoms with Crippen molar-refractivity contribution in [2.45, 2.75) is 31.5 Å². The van der Waals surface area contributed by atoms with Crippen LogP contribution in [0.1, 0.15) is 36.1 Å². The van der Waals surface area contributed by atoms with Crippen molar-refractivity contribution in [1.29, 1.82) is 0 Å². The van der Waals surface area contributed by atoms with E-state index in [1.165, 1.54) is 18.4 Å². The first kappa shape index (κ1) is 15.2. The lowest BCUT2D eigenvalue weighted by molar-refractivity contribution is 0.0956. The van der Waals surface area contributed by atoms with Gasteiger partial charge in [-0.15, -0.1) is 0 Å². The molecule has 0 spiro atoms. The summed E-state index contributed by atoms with van der Waals surface area (Å²) in [6.07, 6.45) is 5.48. The molecule has 1 unspecified atom stereocenters. The maximum absolute atomic E-state index is 10.4. The van der Waals surface area contributed by atoms with Gasteiger partial charge in [-0.1, -0.05) is 30.3 Å². The minimum absolute atomic E-state index is 0.0842. The number of rotatable bonds is 8. The number of hydrogen-bond donors (Lipinski definition) is 2. The Balaban J connectivity index is 1.61. The molecule has 5 nitrogen and oxygen atoms in total. The van der Waals surface area contributed by atoms with Crippen molar-refractivity contribution in [3.63, 3.8) is 0 Å². The van der Waals surface area contributed by atoms with Crippen LogP contribution in [0.2, 0.25) is 0 Å². The van der Waals surface area contributed by atoms with Gasteiger partial charge in [0.25, 0.3) is 0 Å². The molecule has 1 saturated carbocycles. The Morgan fingerprint density at radius 2 is 2.05 bits per heavy atom. The molecule has 118 valence electrons. The Morgan fingerprint density at radius 1 is 1.27 bits per heavy atom. The van der Waals surface area contributed by atoms with Crippen molar-refractivity contribution in [2.24, 2.45) is 0 Å². The summed E-state index contributed by atoms with van der Waals surface area (Å²) in [5.41, 5.74) is 2.03. The summed E-state index contributed by atoms with van der Waals surface area (Å²) in [4.78, 5) is 2.06. The smallest absolute Gasteiger partial charge is 0.0947 e. The zero-order chi connectivity index (χ0) is 15.4. The average molecular weight is 301 g/mol. The highest BCUT2D eigenvalue weighted by atomic mass is 16.3. The van der Waals surface area contributed by atoms with Crippen molar-refractivity contribution in [3.8, 4) is 0 Å². The van der Waals surface area contributed by atoms with Crippen molar-refractivity contribution in [1.82, 2.24) is 14.7 Å². The molecule has 0 amide bonds. The Morgan fingerprint density at radius 3 is 2.73 bits per heavy atom. The summed E-state index contributed by atoms with van der Waals surface area (Å²) in [5.74, 6) is 0. The summed E-state index contributed by atoms with van der Waals surface area (Å²) >= 11 is 0. The number of aromatic nitrogens is 2. The summed E-state index contributed by atoms with van der Waals surface area (Å²) in [6, 6.07) is 10.6. The minimum Gasteiger partial charge on any atom is -0.395 e. The van der Waals surface area contributed by atoms with Gasteiger partial charge in [-0.3, -0.25) is 9.58 Å². The molecule has 2 N–H and O–H groups in total. The summed E-state index contributed by atoms with van der Waals surface area (Å²) in [5, 5.41) is 24.0. The number of aliphatic hydroxyl groups excluding tert-OH is 2. The molecule has 0 aliphatic heterocycles. The molecule has 1 atom stereocenters. The van der Waals surface area contributed by atoms with Crippen LogP contribution in [-0.4, -0.2) is 44.6 Å². The third-order valence-electron chi connectivity index (χ3n) is 4.02. The Labute approximate surface area is 130 Å². The molecule has 1 aliphatic carbocycles. The molecule has 1 aliphatic rings. The maximum atomic E-state index is 10.4. The maximum Gasteiger partial charge on any atom is 0.0947 e. The third-order valence-corrected chi connectivity index (χ3v) is 4.02. The predicted octanol–water partition coefficient (Wildman–Crippen LogP) is 1.75. The van der Waals surface area contributed by atoms with Gasteiger partial charge in [0.15, 0.2) is 0 Å². The van der Waals surface area contributed by atoms with Crippen molar-refractivity contribution >= 4 is 0 Å². The van der Waals surface area contributed by atoms with E-state index in [4.69, 9.17) is 0 Å². The largest absolute Gasteiger partial charge is 0.395 e. The minimum atomic E-state index is -0.581. The standard InChI is InChI=1S/C17H23N3O2/c21-9-8-19(11-14-4-2-1-3-5-14)13-17(22)15-10-18-20(12-15)16-6-7-16/h1-5,10,12,16-17,21-22H,6-9,11,13H2. The quantitative estimate of drug-likeness (QED) is 0.780. The van der Waals surface area contributed by atoms with E-state index in [0.717, 1.165) is 12.1 Å². The molecule has 1 heterocycles. The first-order valence-corrected chi connectivity index (χ1v) is 7.85. The van der Waals surface area contributed by atoms with Gasteiger partial charge in [0.2, 0.25) is 0 Å². The molecule has 2 aromatic rings. The molecule has 0 bridgehead atoms. The Hall–Kier alpha value is -1.69. The normalized spacial score (nSPS) is 16.1. The third kappa shape index (κ3) is 3.94. The Bertz CT molecular complexity index is 581. The molecule has 5 heteroatoms. The first-order chi connectivity index (χ1) is 10.8. The fourth-order valence-electron chi connectivity index (χ4n) is 2.63. The molecule has 0 saturated heterocycles. The summed E-state index contributed by atoms with van der Waals surface area (Å²) in [6.45, 7) is 1.84. The predicted molar refractivity (Wildman–Crippen MR) is 84.3 cm³/mol. The van der Waals surface area contributed by atoms with Gasteiger partial charge in [0.1, 0.15) is 0 Å². The van der Waals surface area contributed by atoms with E-state index in [9.17, 15) is 10.2 Å². The van der Waals surface area contributed by atoms with Gasteiger partial charge in [0.05, 0.1) is 24.9 Å². The fourth-order valence-corrected chi connectivity index (χ4v) is 2.63. The first-order valence-electron chi connectivity index (χ1n) is 7.85. The van der Waals surface area contributed by atoms with Crippen LogP contribution in [0, 0.1) is 0 Å². The van der Waals surface area contributed by atoms with Gasteiger partial charge in [0, 0.05) is 31.4 Å². The second-order valence-corrected chi connectivity index (χ2v) is 5.94. The average Bonchev–Trinajstić information content (AvgIpc) is 3.25.